The molecule has 2 aromatic carbocycles. The van der Waals surface area contributed by atoms with Crippen LogP contribution in [0, 0.1) is 5.82 Å². The van der Waals surface area contributed by atoms with Gasteiger partial charge >= 0.3 is 0 Å². The lowest BCUT2D eigenvalue weighted by molar-refractivity contribution is 0.106. The van der Waals surface area contributed by atoms with E-state index in [4.69, 9.17) is 14.2 Å². The molecule has 0 aromatic heterocycles. The van der Waals surface area contributed by atoms with Crippen LogP contribution in [0.5, 0.6) is 11.5 Å². The predicted molar refractivity (Wildman–Crippen MR) is 121 cm³/mol. The molecular weight excluding hydrogens is 476 g/mol. The highest BCUT2D eigenvalue weighted by Gasteiger charge is 2.12. The minimum absolute atomic E-state index is 0. The van der Waals surface area contributed by atoms with Gasteiger partial charge in [0, 0.05) is 32.5 Å². The van der Waals surface area contributed by atoms with Crippen LogP contribution in [0.3, 0.4) is 0 Å². The number of nitrogens with zero attached hydrogens (tertiary/aromatic N) is 1. The number of hydrogen-bond donors (Lipinski definition) is 2. The molecule has 0 bridgehead atoms. The molecule has 0 spiro atoms. The van der Waals surface area contributed by atoms with Crippen molar-refractivity contribution in [1.29, 1.82) is 0 Å². The number of benzene rings is 2. The van der Waals surface area contributed by atoms with Crippen molar-refractivity contribution in [1.82, 2.24) is 5.32 Å². The summed E-state index contributed by atoms with van der Waals surface area (Å²) in [6.45, 7) is 2.93. The monoisotopic (exact) mass is 503 g/mol. The van der Waals surface area contributed by atoms with E-state index in [1.807, 2.05) is 25.1 Å². The number of aliphatic imine (C=N–C) groups is 1. The Hall–Kier alpha value is -2.07. The zero-order valence-electron chi connectivity index (χ0n) is 16.5. The van der Waals surface area contributed by atoms with Gasteiger partial charge in [0.25, 0.3) is 0 Å². The number of hydrogen-bond acceptors (Lipinski definition) is 4. The first kappa shape index (κ1) is 24.0. The van der Waals surface area contributed by atoms with Crippen LogP contribution in [0.4, 0.5) is 10.1 Å². The van der Waals surface area contributed by atoms with E-state index < -0.39 is 0 Å². The van der Waals surface area contributed by atoms with Crippen molar-refractivity contribution >= 4 is 35.6 Å². The fourth-order valence-corrected chi connectivity index (χ4v) is 2.54. The van der Waals surface area contributed by atoms with Crippen LogP contribution < -0.4 is 20.1 Å². The fourth-order valence-electron chi connectivity index (χ4n) is 2.54. The Bertz CT molecular complexity index is 757. The largest absolute Gasteiger partial charge is 0.493 e. The zero-order chi connectivity index (χ0) is 19.6. The van der Waals surface area contributed by atoms with Crippen LogP contribution >= 0.6 is 24.0 Å². The Morgan fingerprint density at radius 1 is 1.11 bits per heavy atom. The van der Waals surface area contributed by atoms with E-state index in [0.717, 1.165) is 11.3 Å². The van der Waals surface area contributed by atoms with E-state index in [0.29, 0.717) is 30.6 Å². The molecule has 0 aliphatic rings. The van der Waals surface area contributed by atoms with Gasteiger partial charge in [0.05, 0.1) is 19.8 Å². The van der Waals surface area contributed by atoms with Gasteiger partial charge in [-0.15, -0.1) is 24.0 Å². The first-order valence-corrected chi connectivity index (χ1v) is 8.68. The molecule has 0 saturated carbocycles. The van der Waals surface area contributed by atoms with Crippen LogP contribution in [0.2, 0.25) is 0 Å². The standard InChI is InChI=1S/C20H26FN3O3.HI/c1-5-27-18-12-16(10-11-17(18)25-3)24-20(22-2)23-13-19(26-4)14-6-8-15(21)9-7-14;/h6-12,19H,5,13H2,1-4H3,(H2,22,23,24);1H. The van der Waals surface area contributed by atoms with Crippen molar-refractivity contribution in [2.45, 2.75) is 13.0 Å². The van der Waals surface area contributed by atoms with Gasteiger partial charge in [-0.2, -0.15) is 0 Å². The van der Waals surface area contributed by atoms with Crippen LogP contribution in [-0.4, -0.2) is 40.4 Å². The van der Waals surface area contributed by atoms with E-state index in [-0.39, 0.29) is 35.9 Å². The Balaban J connectivity index is 0.00000392. The molecule has 2 N–H and O–H groups in total. The van der Waals surface area contributed by atoms with Gasteiger partial charge in [-0.1, -0.05) is 12.1 Å². The highest BCUT2D eigenvalue weighted by Crippen LogP contribution is 2.30. The number of methoxy groups -OCH3 is 2. The molecule has 6 nitrogen and oxygen atoms in total. The van der Waals surface area contributed by atoms with Gasteiger partial charge in [-0.3, -0.25) is 4.99 Å². The summed E-state index contributed by atoms with van der Waals surface area (Å²) < 4.78 is 29.5. The van der Waals surface area contributed by atoms with Crippen molar-refractivity contribution < 1.29 is 18.6 Å². The molecule has 0 radical (unpaired) electrons. The second-order valence-electron chi connectivity index (χ2n) is 5.65. The van der Waals surface area contributed by atoms with E-state index in [2.05, 4.69) is 15.6 Å². The summed E-state index contributed by atoms with van der Waals surface area (Å²) in [6, 6.07) is 11.8. The maximum absolute atomic E-state index is 13.1. The zero-order valence-corrected chi connectivity index (χ0v) is 18.8. The molecule has 1 unspecified atom stereocenters. The Kier molecular flexibility index (Phi) is 10.6. The molecule has 0 fully saturated rings. The van der Waals surface area contributed by atoms with Crippen molar-refractivity contribution in [3.63, 3.8) is 0 Å². The Morgan fingerprint density at radius 2 is 1.82 bits per heavy atom. The van der Waals surface area contributed by atoms with Crippen LogP contribution in [0.15, 0.2) is 47.5 Å². The summed E-state index contributed by atoms with van der Waals surface area (Å²) in [6.07, 6.45) is -0.237. The predicted octanol–water partition coefficient (Wildman–Crippen LogP) is 4.23. The number of guanidine groups is 1. The minimum atomic E-state index is -0.274. The molecule has 1 atom stereocenters. The van der Waals surface area contributed by atoms with Gasteiger partial charge in [-0.05, 0) is 36.8 Å². The van der Waals surface area contributed by atoms with Crippen molar-refractivity contribution in [3.8, 4) is 11.5 Å². The summed E-state index contributed by atoms with van der Waals surface area (Å²) in [5.74, 6) is 1.62. The SMILES string of the molecule is CCOc1cc(NC(=NC)NCC(OC)c2ccc(F)cc2)ccc1OC.I. The topological polar surface area (TPSA) is 64.1 Å². The molecule has 8 heteroatoms. The van der Waals surface area contributed by atoms with Crippen molar-refractivity contribution in [2.75, 3.05) is 39.7 Å². The molecule has 154 valence electrons. The van der Waals surface area contributed by atoms with Crippen LogP contribution in [0.1, 0.15) is 18.6 Å². The highest BCUT2D eigenvalue weighted by molar-refractivity contribution is 14.0. The number of nitrogens with one attached hydrogen (secondary N) is 2. The summed E-state index contributed by atoms with van der Waals surface area (Å²) in [5, 5.41) is 6.42. The van der Waals surface area contributed by atoms with E-state index >= 15 is 0 Å². The Labute approximate surface area is 182 Å². The van der Waals surface area contributed by atoms with Gasteiger partial charge in [-0.25, -0.2) is 4.39 Å². The van der Waals surface area contributed by atoms with Gasteiger partial charge in [0.2, 0.25) is 0 Å². The van der Waals surface area contributed by atoms with Crippen molar-refractivity contribution in [2.24, 2.45) is 4.99 Å². The third-order valence-corrected chi connectivity index (χ3v) is 3.93. The van der Waals surface area contributed by atoms with Crippen LogP contribution in [-0.2, 0) is 4.74 Å². The summed E-state index contributed by atoms with van der Waals surface area (Å²) in [5.41, 5.74) is 1.69. The molecule has 0 saturated heterocycles. The smallest absolute Gasteiger partial charge is 0.195 e. The third-order valence-electron chi connectivity index (χ3n) is 3.93. The number of halogens is 2. The first-order chi connectivity index (χ1) is 13.1. The molecular formula is C20H27FIN3O3. The molecule has 0 aliphatic heterocycles. The maximum atomic E-state index is 13.1. The molecule has 2 aromatic rings. The highest BCUT2D eigenvalue weighted by atomic mass is 127. The number of rotatable bonds is 8. The average molecular weight is 503 g/mol. The fraction of sp³-hybridized carbons (Fsp3) is 0.350. The summed E-state index contributed by atoms with van der Waals surface area (Å²) in [4.78, 5) is 4.22. The third kappa shape index (κ3) is 6.83. The van der Waals surface area contributed by atoms with E-state index in [9.17, 15) is 4.39 Å². The average Bonchev–Trinajstić information content (AvgIpc) is 2.69. The van der Waals surface area contributed by atoms with E-state index in [1.165, 1.54) is 12.1 Å². The normalized spacial score (nSPS) is 12.0. The summed E-state index contributed by atoms with van der Waals surface area (Å²) in [7, 11) is 4.90. The van der Waals surface area contributed by atoms with Gasteiger partial charge in [0.15, 0.2) is 17.5 Å². The van der Waals surface area contributed by atoms with Gasteiger partial charge in [0.1, 0.15) is 5.82 Å². The number of anilines is 1. The molecule has 0 aliphatic carbocycles. The molecule has 0 amide bonds. The lowest BCUT2D eigenvalue weighted by Gasteiger charge is -2.19. The summed E-state index contributed by atoms with van der Waals surface area (Å²) >= 11 is 0. The van der Waals surface area contributed by atoms with Crippen LogP contribution in [0.25, 0.3) is 0 Å². The lowest BCUT2D eigenvalue weighted by atomic mass is 10.1. The molecule has 2 rings (SSSR count). The Morgan fingerprint density at radius 3 is 2.39 bits per heavy atom. The van der Waals surface area contributed by atoms with E-state index in [1.54, 1.807) is 33.4 Å². The minimum Gasteiger partial charge on any atom is -0.493 e. The lowest BCUT2D eigenvalue weighted by Crippen LogP contribution is -2.34. The second-order valence-corrected chi connectivity index (χ2v) is 5.65. The maximum Gasteiger partial charge on any atom is 0.195 e. The number of ether oxygens (including phenoxy) is 3. The first-order valence-electron chi connectivity index (χ1n) is 8.68. The molecule has 0 heterocycles. The quantitative estimate of drug-likeness (QED) is 0.321. The van der Waals surface area contributed by atoms with Gasteiger partial charge < -0.3 is 24.8 Å². The van der Waals surface area contributed by atoms with Crippen molar-refractivity contribution in [3.05, 3.63) is 53.8 Å². The molecule has 28 heavy (non-hydrogen) atoms. The second kappa shape index (κ2) is 12.4.